The van der Waals surface area contributed by atoms with Crippen LogP contribution in [-0.4, -0.2) is 12.3 Å². The minimum absolute atomic E-state index is 0.730. The average Bonchev–Trinajstić information content (AvgIpc) is 2.12. The van der Waals surface area contributed by atoms with Gasteiger partial charge >= 0.3 is 0 Å². The van der Waals surface area contributed by atoms with Crippen LogP contribution >= 0.6 is 0 Å². The fourth-order valence-corrected chi connectivity index (χ4v) is 1.72. The molecule has 1 aliphatic heterocycles. The van der Waals surface area contributed by atoms with E-state index in [-0.39, 0.29) is 0 Å². The van der Waals surface area contributed by atoms with Gasteiger partial charge in [0.2, 0.25) is 0 Å². The Morgan fingerprint density at radius 2 is 2.38 bits per heavy atom. The molecule has 0 aromatic heterocycles. The van der Waals surface area contributed by atoms with Crippen molar-refractivity contribution in [2.75, 3.05) is 0 Å². The van der Waals surface area contributed by atoms with Gasteiger partial charge in [-0.15, -0.1) is 0 Å². The summed E-state index contributed by atoms with van der Waals surface area (Å²) in [5.74, 6) is 0.869. The van der Waals surface area contributed by atoms with Gasteiger partial charge in [0, 0.05) is 6.21 Å². The van der Waals surface area contributed by atoms with Crippen molar-refractivity contribution in [2.24, 2.45) is 10.9 Å². The highest BCUT2D eigenvalue weighted by Gasteiger charge is 2.23. The first kappa shape index (κ1) is 4.54. The van der Waals surface area contributed by atoms with Crippen molar-refractivity contribution in [2.45, 2.75) is 31.7 Å². The Hall–Kier alpha value is -0.330. The predicted octanol–water partition coefficient (Wildman–Crippen LogP) is 1.63. The summed E-state index contributed by atoms with van der Waals surface area (Å²) in [4.78, 5) is 4.37. The zero-order valence-electron chi connectivity index (χ0n) is 5.01. The molecule has 0 aromatic rings. The van der Waals surface area contributed by atoms with Crippen LogP contribution in [0.15, 0.2) is 4.99 Å². The predicted molar refractivity (Wildman–Crippen MR) is 34.2 cm³/mol. The third kappa shape index (κ3) is 0.575. The highest BCUT2D eigenvalue weighted by molar-refractivity contribution is 5.63. The van der Waals surface area contributed by atoms with Gasteiger partial charge < -0.3 is 0 Å². The molecule has 1 heteroatoms. The van der Waals surface area contributed by atoms with Gasteiger partial charge in [0.15, 0.2) is 0 Å². The standard InChI is InChI=1S/C7H11N/c1-2-6-4-7(3-1)8-5-6/h5-7H,1-4H2. The van der Waals surface area contributed by atoms with Crippen molar-refractivity contribution < 1.29 is 0 Å². The molecule has 2 rings (SSSR count). The molecule has 2 aliphatic rings. The Bertz CT molecular complexity index is 106. The average molecular weight is 109 g/mol. The fraction of sp³-hybridized carbons (Fsp3) is 0.857. The van der Waals surface area contributed by atoms with Crippen LogP contribution in [-0.2, 0) is 0 Å². The van der Waals surface area contributed by atoms with Crippen molar-refractivity contribution >= 4 is 6.21 Å². The molecular formula is C7H11N. The molecule has 2 bridgehead atoms. The zero-order valence-corrected chi connectivity index (χ0v) is 5.01. The second-order valence-corrected chi connectivity index (χ2v) is 2.88. The van der Waals surface area contributed by atoms with Crippen LogP contribution in [0.4, 0.5) is 0 Å². The summed E-state index contributed by atoms with van der Waals surface area (Å²) < 4.78 is 0. The van der Waals surface area contributed by atoms with E-state index in [0.717, 1.165) is 12.0 Å². The largest absolute Gasteiger partial charge is 0.294 e. The van der Waals surface area contributed by atoms with E-state index in [1.165, 1.54) is 25.7 Å². The van der Waals surface area contributed by atoms with Crippen molar-refractivity contribution in [1.82, 2.24) is 0 Å². The van der Waals surface area contributed by atoms with Crippen LogP contribution in [0.5, 0.6) is 0 Å². The number of hydrogen-bond donors (Lipinski definition) is 0. The van der Waals surface area contributed by atoms with E-state index in [1.807, 2.05) is 0 Å². The van der Waals surface area contributed by atoms with Crippen LogP contribution in [0.3, 0.4) is 0 Å². The molecule has 0 radical (unpaired) electrons. The SMILES string of the molecule is C1=NC2CCCC1C2. The Kier molecular flexibility index (Phi) is 0.893. The minimum Gasteiger partial charge on any atom is -0.294 e. The number of hydrogen-bond acceptors (Lipinski definition) is 1. The lowest BCUT2D eigenvalue weighted by Crippen LogP contribution is -2.10. The van der Waals surface area contributed by atoms with Gasteiger partial charge in [-0.1, -0.05) is 6.42 Å². The Labute approximate surface area is 49.8 Å². The van der Waals surface area contributed by atoms with E-state index in [0.29, 0.717) is 0 Å². The van der Waals surface area contributed by atoms with Crippen LogP contribution in [0.1, 0.15) is 25.7 Å². The lowest BCUT2D eigenvalue weighted by Gasteiger charge is -2.15. The molecule has 0 aromatic carbocycles. The molecule has 1 saturated carbocycles. The second-order valence-electron chi connectivity index (χ2n) is 2.88. The van der Waals surface area contributed by atoms with Gasteiger partial charge in [-0.2, -0.15) is 0 Å². The number of nitrogens with zero attached hydrogens (tertiary/aromatic N) is 1. The molecule has 0 spiro atoms. The van der Waals surface area contributed by atoms with Gasteiger partial charge in [-0.3, -0.25) is 4.99 Å². The summed E-state index contributed by atoms with van der Waals surface area (Å²) >= 11 is 0. The second kappa shape index (κ2) is 1.57. The summed E-state index contributed by atoms with van der Waals surface area (Å²) in [7, 11) is 0. The van der Waals surface area contributed by atoms with Crippen molar-refractivity contribution in [1.29, 1.82) is 0 Å². The Morgan fingerprint density at radius 3 is 3.12 bits per heavy atom. The molecule has 0 N–H and O–H groups in total. The summed E-state index contributed by atoms with van der Waals surface area (Å²) in [5.41, 5.74) is 0. The van der Waals surface area contributed by atoms with E-state index >= 15 is 0 Å². The van der Waals surface area contributed by atoms with Crippen LogP contribution in [0, 0.1) is 5.92 Å². The maximum atomic E-state index is 4.37. The van der Waals surface area contributed by atoms with E-state index < -0.39 is 0 Å². The van der Waals surface area contributed by atoms with E-state index in [9.17, 15) is 0 Å². The zero-order chi connectivity index (χ0) is 5.40. The lowest BCUT2D eigenvalue weighted by atomic mass is 9.90. The van der Waals surface area contributed by atoms with Crippen LogP contribution in [0.2, 0.25) is 0 Å². The molecule has 44 valence electrons. The van der Waals surface area contributed by atoms with Crippen molar-refractivity contribution in [3.05, 3.63) is 0 Å². The van der Waals surface area contributed by atoms with Gasteiger partial charge in [-0.25, -0.2) is 0 Å². The van der Waals surface area contributed by atoms with Gasteiger partial charge in [0.1, 0.15) is 0 Å². The first-order valence-corrected chi connectivity index (χ1v) is 3.48. The van der Waals surface area contributed by atoms with Gasteiger partial charge in [-0.05, 0) is 25.2 Å². The number of rotatable bonds is 0. The van der Waals surface area contributed by atoms with Gasteiger partial charge in [0.25, 0.3) is 0 Å². The minimum atomic E-state index is 0.730. The Balaban J connectivity index is 2.13. The monoisotopic (exact) mass is 109 g/mol. The van der Waals surface area contributed by atoms with Crippen molar-refractivity contribution in [3.63, 3.8) is 0 Å². The molecular weight excluding hydrogens is 98.1 g/mol. The quantitative estimate of drug-likeness (QED) is 0.448. The first-order valence-electron chi connectivity index (χ1n) is 3.48. The molecule has 1 nitrogen and oxygen atoms in total. The highest BCUT2D eigenvalue weighted by Crippen LogP contribution is 2.29. The van der Waals surface area contributed by atoms with Crippen LogP contribution < -0.4 is 0 Å². The van der Waals surface area contributed by atoms with Crippen molar-refractivity contribution in [3.8, 4) is 0 Å². The highest BCUT2D eigenvalue weighted by atomic mass is 14.8. The normalized spacial score (nSPS) is 43.0. The molecule has 0 amide bonds. The summed E-state index contributed by atoms with van der Waals surface area (Å²) in [6, 6.07) is 0.730. The third-order valence-electron chi connectivity index (χ3n) is 2.19. The number of aliphatic imine (C=N–C) groups is 1. The smallest absolute Gasteiger partial charge is 0.0502 e. The molecule has 2 unspecified atom stereocenters. The summed E-state index contributed by atoms with van der Waals surface area (Å²) in [5, 5.41) is 0. The molecule has 1 heterocycles. The van der Waals surface area contributed by atoms with Crippen LogP contribution in [0.25, 0.3) is 0 Å². The summed E-state index contributed by atoms with van der Waals surface area (Å²) in [6.07, 6.45) is 7.69. The molecule has 0 saturated heterocycles. The van der Waals surface area contributed by atoms with E-state index in [1.54, 1.807) is 0 Å². The first-order chi connectivity index (χ1) is 3.95. The van der Waals surface area contributed by atoms with Gasteiger partial charge in [0.05, 0.1) is 6.04 Å². The lowest BCUT2D eigenvalue weighted by molar-refractivity contribution is 0.426. The van der Waals surface area contributed by atoms with E-state index in [2.05, 4.69) is 11.2 Å². The number of fused-ring (bicyclic) bond motifs is 2. The van der Waals surface area contributed by atoms with E-state index in [4.69, 9.17) is 0 Å². The molecule has 1 fully saturated rings. The molecule has 2 atom stereocenters. The molecule has 8 heavy (non-hydrogen) atoms. The maximum absolute atomic E-state index is 4.37. The summed E-state index contributed by atoms with van der Waals surface area (Å²) in [6.45, 7) is 0. The molecule has 1 aliphatic carbocycles. The third-order valence-corrected chi connectivity index (χ3v) is 2.19. The topological polar surface area (TPSA) is 12.4 Å². The fourth-order valence-electron chi connectivity index (χ4n) is 1.72. The maximum Gasteiger partial charge on any atom is 0.0502 e. The Morgan fingerprint density at radius 1 is 1.38 bits per heavy atom.